The van der Waals surface area contributed by atoms with Crippen LogP contribution in [0, 0.1) is 0 Å². The number of nitrogens with two attached hydrogens (primary N) is 1. The number of rotatable bonds is 8. The van der Waals surface area contributed by atoms with Crippen LogP contribution in [0.1, 0.15) is 45.4 Å². The normalized spacial score (nSPS) is 21.6. The lowest BCUT2D eigenvalue weighted by Gasteiger charge is -2.34. The van der Waals surface area contributed by atoms with Crippen molar-refractivity contribution >= 4 is 5.91 Å². The fourth-order valence-corrected chi connectivity index (χ4v) is 2.39. The average Bonchev–Trinajstić information content (AvgIpc) is 2.34. The summed E-state index contributed by atoms with van der Waals surface area (Å²) in [5.74, 6) is -0.191. The predicted molar refractivity (Wildman–Crippen MR) is 70.8 cm³/mol. The van der Waals surface area contributed by atoms with Crippen molar-refractivity contribution in [3.05, 3.63) is 0 Å². The Morgan fingerprint density at radius 2 is 2.00 bits per heavy atom. The summed E-state index contributed by atoms with van der Waals surface area (Å²) in [6.45, 7) is 5.88. The first-order chi connectivity index (χ1) is 8.25. The van der Waals surface area contributed by atoms with Crippen LogP contribution in [0.2, 0.25) is 0 Å². The van der Waals surface area contributed by atoms with E-state index in [1.54, 1.807) is 0 Å². The number of carbonyl (C=O) groups excluding carboxylic acids is 1. The molecule has 4 heteroatoms. The van der Waals surface area contributed by atoms with E-state index in [1.807, 2.05) is 0 Å². The van der Waals surface area contributed by atoms with Gasteiger partial charge in [-0.05, 0) is 13.0 Å². The SMILES string of the molecule is CCCCCCCCN1CCNC[C@H]1C(N)=O. The molecule has 100 valence electrons. The molecule has 0 aromatic heterocycles. The Kier molecular flexibility index (Phi) is 7.21. The summed E-state index contributed by atoms with van der Waals surface area (Å²) in [5.41, 5.74) is 5.41. The Labute approximate surface area is 105 Å². The van der Waals surface area contributed by atoms with Crippen molar-refractivity contribution in [2.24, 2.45) is 5.73 Å². The van der Waals surface area contributed by atoms with Crippen LogP contribution in [0.5, 0.6) is 0 Å². The number of nitrogens with one attached hydrogen (secondary N) is 1. The van der Waals surface area contributed by atoms with Crippen LogP contribution in [-0.4, -0.2) is 43.0 Å². The summed E-state index contributed by atoms with van der Waals surface area (Å²) in [4.78, 5) is 13.5. The van der Waals surface area contributed by atoms with Gasteiger partial charge in [-0.15, -0.1) is 0 Å². The minimum Gasteiger partial charge on any atom is -0.368 e. The zero-order valence-electron chi connectivity index (χ0n) is 11.1. The molecule has 4 nitrogen and oxygen atoms in total. The number of hydrogen-bond acceptors (Lipinski definition) is 3. The number of piperazine rings is 1. The highest BCUT2D eigenvalue weighted by Gasteiger charge is 2.25. The summed E-state index contributed by atoms with van der Waals surface area (Å²) in [5, 5.41) is 3.22. The number of unbranched alkanes of at least 4 members (excludes halogenated alkanes) is 5. The van der Waals surface area contributed by atoms with Crippen molar-refractivity contribution in [3.63, 3.8) is 0 Å². The zero-order valence-corrected chi connectivity index (χ0v) is 11.1. The van der Waals surface area contributed by atoms with Crippen molar-refractivity contribution in [3.8, 4) is 0 Å². The number of nitrogens with zero attached hydrogens (tertiary/aromatic N) is 1. The molecule has 1 aliphatic heterocycles. The van der Waals surface area contributed by atoms with Gasteiger partial charge >= 0.3 is 0 Å². The van der Waals surface area contributed by atoms with Gasteiger partial charge in [-0.25, -0.2) is 0 Å². The van der Waals surface area contributed by atoms with Gasteiger partial charge in [-0.3, -0.25) is 9.69 Å². The molecule has 1 aliphatic rings. The molecule has 1 fully saturated rings. The molecule has 0 aromatic rings. The number of hydrogen-bond donors (Lipinski definition) is 2. The number of carbonyl (C=O) groups is 1. The molecule has 1 amide bonds. The fraction of sp³-hybridized carbons (Fsp3) is 0.923. The molecule has 1 atom stereocenters. The highest BCUT2D eigenvalue weighted by atomic mass is 16.1. The van der Waals surface area contributed by atoms with Gasteiger partial charge in [0, 0.05) is 19.6 Å². The van der Waals surface area contributed by atoms with E-state index in [2.05, 4.69) is 17.1 Å². The summed E-state index contributed by atoms with van der Waals surface area (Å²) in [6.07, 6.45) is 7.76. The van der Waals surface area contributed by atoms with Crippen LogP contribution >= 0.6 is 0 Å². The summed E-state index contributed by atoms with van der Waals surface area (Å²) in [6, 6.07) is -0.0978. The van der Waals surface area contributed by atoms with Crippen LogP contribution in [0.15, 0.2) is 0 Å². The topological polar surface area (TPSA) is 58.4 Å². The first kappa shape index (κ1) is 14.5. The van der Waals surface area contributed by atoms with E-state index >= 15 is 0 Å². The Morgan fingerprint density at radius 3 is 2.71 bits per heavy atom. The molecule has 1 heterocycles. The Hall–Kier alpha value is -0.610. The van der Waals surface area contributed by atoms with E-state index in [4.69, 9.17) is 5.73 Å². The van der Waals surface area contributed by atoms with Crippen LogP contribution in [-0.2, 0) is 4.79 Å². The van der Waals surface area contributed by atoms with Gasteiger partial charge in [0.25, 0.3) is 0 Å². The van der Waals surface area contributed by atoms with Gasteiger partial charge in [-0.1, -0.05) is 39.0 Å². The van der Waals surface area contributed by atoms with E-state index in [9.17, 15) is 4.79 Å². The third-order valence-corrected chi connectivity index (χ3v) is 3.48. The zero-order chi connectivity index (χ0) is 12.5. The Bertz CT molecular complexity index is 221. The average molecular weight is 241 g/mol. The fourth-order valence-electron chi connectivity index (χ4n) is 2.39. The maximum atomic E-state index is 11.3. The third-order valence-electron chi connectivity index (χ3n) is 3.48. The van der Waals surface area contributed by atoms with Crippen molar-refractivity contribution < 1.29 is 4.79 Å². The molecule has 0 saturated carbocycles. The number of amides is 1. The van der Waals surface area contributed by atoms with Crippen LogP contribution in [0.4, 0.5) is 0 Å². The van der Waals surface area contributed by atoms with Gasteiger partial charge in [0.05, 0.1) is 0 Å². The molecular formula is C13H27N3O. The molecule has 1 rings (SSSR count). The van der Waals surface area contributed by atoms with Crippen molar-refractivity contribution in [2.45, 2.75) is 51.5 Å². The molecule has 0 unspecified atom stereocenters. The monoisotopic (exact) mass is 241 g/mol. The standard InChI is InChI=1S/C13H27N3O/c1-2-3-4-5-6-7-9-16-10-8-15-11-12(16)13(14)17/h12,15H,2-11H2,1H3,(H2,14,17)/t12-/m0/s1. The Morgan fingerprint density at radius 1 is 1.29 bits per heavy atom. The quantitative estimate of drug-likeness (QED) is 0.626. The molecular weight excluding hydrogens is 214 g/mol. The van der Waals surface area contributed by atoms with Gasteiger partial charge in [0.15, 0.2) is 0 Å². The van der Waals surface area contributed by atoms with Crippen LogP contribution < -0.4 is 11.1 Å². The summed E-state index contributed by atoms with van der Waals surface area (Å²) in [7, 11) is 0. The van der Waals surface area contributed by atoms with E-state index in [0.29, 0.717) is 6.54 Å². The Balaban J connectivity index is 2.13. The van der Waals surface area contributed by atoms with E-state index in [1.165, 1.54) is 38.5 Å². The maximum absolute atomic E-state index is 11.3. The molecule has 17 heavy (non-hydrogen) atoms. The van der Waals surface area contributed by atoms with E-state index in [-0.39, 0.29) is 11.9 Å². The highest BCUT2D eigenvalue weighted by molar-refractivity contribution is 5.80. The second kappa shape index (κ2) is 8.48. The van der Waals surface area contributed by atoms with Gasteiger partial charge in [-0.2, -0.15) is 0 Å². The molecule has 0 aliphatic carbocycles. The van der Waals surface area contributed by atoms with Crippen molar-refractivity contribution in [1.29, 1.82) is 0 Å². The predicted octanol–water partition coefficient (Wildman–Crippen LogP) is 1.11. The van der Waals surface area contributed by atoms with Crippen LogP contribution in [0.3, 0.4) is 0 Å². The molecule has 0 radical (unpaired) electrons. The minimum absolute atomic E-state index is 0.0978. The molecule has 1 saturated heterocycles. The summed E-state index contributed by atoms with van der Waals surface area (Å²) >= 11 is 0. The van der Waals surface area contributed by atoms with Crippen molar-refractivity contribution in [2.75, 3.05) is 26.2 Å². The lowest BCUT2D eigenvalue weighted by atomic mass is 10.1. The first-order valence-electron chi connectivity index (χ1n) is 6.99. The van der Waals surface area contributed by atoms with Gasteiger partial charge < -0.3 is 11.1 Å². The van der Waals surface area contributed by atoms with Gasteiger partial charge in [0.1, 0.15) is 6.04 Å². The summed E-state index contributed by atoms with van der Waals surface area (Å²) < 4.78 is 0. The number of primary amides is 1. The lowest BCUT2D eigenvalue weighted by molar-refractivity contribution is -0.123. The third kappa shape index (κ3) is 5.50. The second-order valence-corrected chi connectivity index (χ2v) is 4.93. The maximum Gasteiger partial charge on any atom is 0.236 e. The smallest absolute Gasteiger partial charge is 0.236 e. The second-order valence-electron chi connectivity index (χ2n) is 4.93. The van der Waals surface area contributed by atoms with Gasteiger partial charge in [0.2, 0.25) is 5.91 Å². The first-order valence-corrected chi connectivity index (χ1v) is 6.99. The van der Waals surface area contributed by atoms with E-state index < -0.39 is 0 Å². The lowest BCUT2D eigenvalue weighted by Crippen LogP contribution is -2.56. The van der Waals surface area contributed by atoms with E-state index in [0.717, 1.165) is 19.6 Å². The molecule has 0 bridgehead atoms. The molecule has 3 N–H and O–H groups in total. The highest BCUT2D eigenvalue weighted by Crippen LogP contribution is 2.09. The molecule has 0 spiro atoms. The minimum atomic E-state index is -0.191. The van der Waals surface area contributed by atoms with Crippen molar-refractivity contribution in [1.82, 2.24) is 10.2 Å². The molecule has 0 aromatic carbocycles. The van der Waals surface area contributed by atoms with Crippen LogP contribution in [0.25, 0.3) is 0 Å². The largest absolute Gasteiger partial charge is 0.368 e.